The van der Waals surface area contributed by atoms with Gasteiger partial charge in [0, 0.05) is 24.2 Å². The van der Waals surface area contributed by atoms with Crippen molar-refractivity contribution in [2.24, 2.45) is 17.6 Å². The van der Waals surface area contributed by atoms with Gasteiger partial charge in [0.1, 0.15) is 10.7 Å². The summed E-state index contributed by atoms with van der Waals surface area (Å²) in [4.78, 5) is 2.87. The number of nitrogens with zero attached hydrogens (tertiary/aromatic N) is 1. The lowest BCUT2D eigenvalue weighted by atomic mass is 9.85. The van der Waals surface area contributed by atoms with Crippen LogP contribution in [0.3, 0.4) is 0 Å². The van der Waals surface area contributed by atoms with Crippen LogP contribution in [0.4, 0.5) is 5.69 Å². The summed E-state index contributed by atoms with van der Waals surface area (Å²) >= 11 is 5.21. The van der Waals surface area contributed by atoms with Gasteiger partial charge < -0.3 is 15.4 Å². The van der Waals surface area contributed by atoms with E-state index in [0.717, 1.165) is 23.5 Å². The molecule has 1 aromatic carbocycles. The van der Waals surface area contributed by atoms with Crippen LogP contribution < -0.4 is 15.4 Å². The van der Waals surface area contributed by atoms with Crippen molar-refractivity contribution in [2.75, 3.05) is 18.6 Å². The number of piperidine rings is 1. The van der Waals surface area contributed by atoms with Crippen molar-refractivity contribution in [3.05, 3.63) is 23.8 Å². The molecule has 4 heteroatoms. The second kappa shape index (κ2) is 6.00. The van der Waals surface area contributed by atoms with Crippen LogP contribution in [0.2, 0.25) is 0 Å². The molecule has 0 radical (unpaired) electrons. The van der Waals surface area contributed by atoms with Crippen LogP contribution in [0.1, 0.15) is 32.8 Å². The maximum absolute atomic E-state index is 5.89. The minimum absolute atomic E-state index is 0.445. The van der Waals surface area contributed by atoms with Gasteiger partial charge in [-0.15, -0.1) is 0 Å². The van der Waals surface area contributed by atoms with E-state index in [1.165, 1.54) is 6.42 Å². The first kappa shape index (κ1) is 15.1. The maximum Gasteiger partial charge on any atom is 0.120 e. The van der Waals surface area contributed by atoms with Crippen LogP contribution in [-0.4, -0.2) is 24.7 Å². The van der Waals surface area contributed by atoms with Crippen molar-refractivity contribution in [3.63, 3.8) is 0 Å². The minimum atomic E-state index is 0.445. The molecule has 3 atom stereocenters. The average molecular weight is 292 g/mol. The highest BCUT2D eigenvalue weighted by Gasteiger charge is 2.30. The fourth-order valence-corrected chi connectivity index (χ4v) is 3.29. The molecule has 1 saturated heterocycles. The molecule has 110 valence electrons. The molecule has 2 N–H and O–H groups in total. The number of ether oxygens (including phenoxy) is 1. The number of methoxy groups -OCH3 is 1. The van der Waals surface area contributed by atoms with Gasteiger partial charge in [0.05, 0.1) is 12.8 Å². The molecule has 20 heavy (non-hydrogen) atoms. The van der Waals surface area contributed by atoms with Crippen molar-refractivity contribution < 1.29 is 4.74 Å². The molecular weight excluding hydrogens is 268 g/mol. The molecule has 1 fully saturated rings. The molecule has 0 bridgehead atoms. The van der Waals surface area contributed by atoms with Crippen LogP contribution >= 0.6 is 12.2 Å². The maximum atomic E-state index is 5.89. The zero-order valence-corrected chi connectivity index (χ0v) is 13.5. The van der Waals surface area contributed by atoms with Crippen LogP contribution in [0.5, 0.6) is 5.75 Å². The Morgan fingerprint density at radius 1 is 1.35 bits per heavy atom. The number of hydrogen-bond acceptors (Lipinski definition) is 3. The predicted octanol–water partition coefficient (Wildman–Crippen LogP) is 3.20. The van der Waals surface area contributed by atoms with Crippen molar-refractivity contribution in [3.8, 4) is 5.75 Å². The summed E-state index contributed by atoms with van der Waals surface area (Å²) in [6.07, 6.45) is 1.27. The summed E-state index contributed by atoms with van der Waals surface area (Å²) in [5.41, 5.74) is 7.93. The van der Waals surface area contributed by atoms with E-state index in [9.17, 15) is 0 Å². The van der Waals surface area contributed by atoms with Crippen LogP contribution in [0, 0.1) is 11.8 Å². The van der Waals surface area contributed by atoms with E-state index in [-0.39, 0.29) is 0 Å². The average Bonchev–Trinajstić information content (AvgIpc) is 2.42. The van der Waals surface area contributed by atoms with Crippen molar-refractivity contribution in [1.29, 1.82) is 0 Å². The number of anilines is 1. The summed E-state index contributed by atoms with van der Waals surface area (Å²) in [6.45, 7) is 7.93. The molecule has 0 saturated carbocycles. The largest absolute Gasteiger partial charge is 0.497 e. The predicted molar refractivity (Wildman–Crippen MR) is 88.6 cm³/mol. The Morgan fingerprint density at radius 3 is 2.65 bits per heavy atom. The van der Waals surface area contributed by atoms with Gasteiger partial charge in [-0.25, -0.2) is 0 Å². The molecule has 0 aromatic heterocycles. The Labute approximate surface area is 127 Å². The smallest absolute Gasteiger partial charge is 0.120 e. The zero-order chi connectivity index (χ0) is 14.9. The van der Waals surface area contributed by atoms with E-state index in [1.807, 2.05) is 12.1 Å². The van der Waals surface area contributed by atoms with Gasteiger partial charge in [0.2, 0.25) is 0 Å². The lowest BCUT2D eigenvalue weighted by Crippen LogP contribution is -2.46. The number of thiocarbonyl (C=S) groups is 1. The molecule has 1 heterocycles. The minimum Gasteiger partial charge on any atom is -0.497 e. The molecule has 0 aliphatic carbocycles. The van der Waals surface area contributed by atoms with Crippen molar-refractivity contribution >= 4 is 22.9 Å². The third kappa shape index (κ3) is 2.90. The highest BCUT2D eigenvalue weighted by Crippen LogP contribution is 2.35. The van der Waals surface area contributed by atoms with Crippen LogP contribution in [-0.2, 0) is 0 Å². The second-order valence-electron chi connectivity index (χ2n) is 5.96. The van der Waals surface area contributed by atoms with E-state index in [4.69, 9.17) is 22.7 Å². The SMILES string of the molecule is COc1ccc(C(N)=S)c(N2CC(C)CC(C)C2C)c1. The van der Waals surface area contributed by atoms with E-state index < -0.39 is 0 Å². The Hall–Kier alpha value is -1.29. The van der Waals surface area contributed by atoms with Gasteiger partial charge in [0.25, 0.3) is 0 Å². The Balaban J connectivity index is 2.45. The van der Waals surface area contributed by atoms with Gasteiger partial charge in [-0.1, -0.05) is 26.1 Å². The molecule has 0 spiro atoms. The van der Waals surface area contributed by atoms with E-state index >= 15 is 0 Å². The molecule has 3 unspecified atom stereocenters. The van der Waals surface area contributed by atoms with E-state index in [2.05, 4.69) is 31.7 Å². The molecule has 0 amide bonds. The van der Waals surface area contributed by atoms with E-state index in [0.29, 0.717) is 22.9 Å². The molecule has 3 nitrogen and oxygen atoms in total. The van der Waals surface area contributed by atoms with E-state index in [1.54, 1.807) is 7.11 Å². The summed E-state index contributed by atoms with van der Waals surface area (Å²) in [5, 5.41) is 0. The summed E-state index contributed by atoms with van der Waals surface area (Å²) < 4.78 is 5.36. The van der Waals surface area contributed by atoms with Gasteiger partial charge in [-0.05, 0) is 37.3 Å². The van der Waals surface area contributed by atoms with Gasteiger partial charge in [-0.3, -0.25) is 0 Å². The monoisotopic (exact) mass is 292 g/mol. The molecule has 2 rings (SSSR count). The molecule has 1 aromatic rings. The highest BCUT2D eigenvalue weighted by atomic mass is 32.1. The van der Waals surface area contributed by atoms with Crippen molar-refractivity contribution in [1.82, 2.24) is 0 Å². The van der Waals surface area contributed by atoms with Gasteiger partial charge >= 0.3 is 0 Å². The van der Waals surface area contributed by atoms with Crippen molar-refractivity contribution in [2.45, 2.75) is 33.2 Å². The molecule has 1 aliphatic rings. The first-order valence-electron chi connectivity index (χ1n) is 7.18. The first-order chi connectivity index (χ1) is 9.43. The Kier molecular flexibility index (Phi) is 4.53. The lowest BCUT2D eigenvalue weighted by Gasteiger charge is -2.43. The fraction of sp³-hybridized carbons (Fsp3) is 0.562. The van der Waals surface area contributed by atoms with Crippen LogP contribution in [0.15, 0.2) is 18.2 Å². The number of nitrogens with two attached hydrogens (primary N) is 1. The number of benzene rings is 1. The topological polar surface area (TPSA) is 38.5 Å². The Morgan fingerprint density at radius 2 is 2.05 bits per heavy atom. The van der Waals surface area contributed by atoms with Gasteiger partial charge in [0.15, 0.2) is 0 Å². The lowest BCUT2D eigenvalue weighted by molar-refractivity contribution is 0.296. The molecule has 1 aliphatic heterocycles. The summed E-state index contributed by atoms with van der Waals surface area (Å²) in [6, 6.07) is 6.41. The Bertz CT molecular complexity index is 503. The quantitative estimate of drug-likeness (QED) is 0.868. The molecular formula is C16H24N2OS. The highest BCUT2D eigenvalue weighted by molar-refractivity contribution is 7.80. The zero-order valence-electron chi connectivity index (χ0n) is 12.7. The second-order valence-corrected chi connectivity index (χ2v) is 6.40. The standard InChI is InChI=1S/C16H24N2OS/c1-10-7-11(2)12(3)18(9-10)15-8-13(19-4)5-6-14(15)16(17)20/h5-6,8,10-12H,7,9H2,1-4H3,(H2,17,20). The first-order valence-corrected chi connectivity index (χ1v) is 7.59. The summed E-state index contributed by atoms with van der Waals surface area (Å²) in [5.74, 6) is 2.17. The normalized spacial score (nSPS) is 26.4. The third-order valence-electron chi connectivity index (χ3n) is 4.38. The van der Waals surface area contributed by atoms with Crippen LogP contribution in [0.25, 0.3) is 0 Å². The third-order valence-corrected chi connectivity index (χ3v) is 4.60. The number of rotatable bonds is 3. The van der Waals surface area contributed by atoms with Gasteiger partial charge in [-0.2, -0.15) is 0 Å². The summed E-state index contributed by atoms with van der Waals surface area (Å²) in [7, 11) is 1.68. The number of hydrogen-bond donors (Lipinski definition) is 1. The fourth-order valence-electron chi connectivity index (χ4n) is 3.12.